The van der Waals surface area contributed by atoms with Gasteiger partial charge in [-0.05, 0) is 18.6 Å². The Hall–Kier alpha value is -0.830. The van der Waals surface area contributed by atoms with Crippen LogP contribution < -0.4 is 5.73 Å². The summed E-state index contributed by atoms with van der Waals surface area (Å²) in [6.07, 6.45) is 0. The number of hydrogen-bond acceptors (Lipinski definition) is 1. The van der Waals surface area contributed by atoms with E-state index < -0.39 is 11.6 Å². The third-order valence-electron chi connectivity index (χ3n) is 1.36. The van der Waals surface area contributed by atoms with Gasteiger partial charge in [-0.25, -0.2) is 8.78 Å². The maximum Gasteiger partial charge on any atom is 0.183 e. The fraction of sp³-hybridized carbons (Fsp3) is 0.143. The highest BCUT2D eigenvalue weighted by Crippen LogP contribution is 2.25. The van der Waals surface area contributed by atoms with Crippen LogP contribution >= 0.6 is 11.6 Å². The van der Waals surface area contributed by atoms with Gasteiger partial charge >= 0.3 is 0 Å². The van der Waals surface area contributed by atoms with E-state index in [9.17, 15) is 8.78 Å². The van der Waals surface area contributed by atoms with E-state index >= 15 is 0 Å². The molecule has 0 aliphatic rings. The lowest BCUT2D eigenvalue weighted by molar-refractivity contribution is 0.511. The van der Waals surface area contributed by atoms with Crippen molar-refractivity contribution < 1.29 is 8.78 Å². The summed E-state index contributed by atoms with van der Waals surface area (Å²) in [4.78, 5) is 0. The van der Waals surface area contributed by atoms with E-state index in [-0.39, 0.29) is 10.7 Å². The summed E-state index contributed by atoms with van der Waals surface area (Å²) in [5.74, 6) is -2.16. The normalized spacial score (nSPS) is 10.2. The van der Waals surface area contributed by atoms with E-state index in [0.29, 0.717) is 5.56 Å². The van der Waals surface area contributed by atoms with Crippen molar-refractivity contribution in [2.24, 2.45) is 0 Å². The Labute approximate surface area is 67.8 Å². The first-order chi connectivity index (χ1) is 5.04. The molecule has 0 unspecified atom stereocenters. The van der Waals surface area contributed by atoms with E-state index in [1.165, 1.54) is 6.07 Å². The van der Waals surface area contributed by atoms with Crippen LogP contribution in [-0.4, -0.2) is 0 Å². The van der Waals surface area contributed by atoms with E-state index in [2.05, 4.69) is 0 Å². The topological polar surface area (TPSA) is 26.0 Å². The van der Waals surface area contributed by atoms with Gasteiger partial charge in [0.25, 0.3) is 0 Å². The molecule has 0 fully saturated rings. The minimum atomic E-state index is -1.08. The minimum absolute atomic E-state index is 0.211. The second-order valence-electron chi connectivity index (χ2n) is 2.22. The third-order valence-corrected chi connectivity index (χ3v) is 1.82. The molecule has 1 aromatic rings. The van der Waals surface area contributed by atoms with Crippen LogP contribution in [0.4, 0.5) is 14.5 Å². The molecular weight excluding hydrogens is 172 g/mol. The van der Waals surface area contributed by atoms with Crippen molar-refractivity contribution in [3.63, 3.8) is 0 Å². The van der Waals surface area contributed by atoms with Crippen molar-refractivity contribution in [2.75, 3.05) is 5.73 Å². The van der Waals surface area contributed by atoms with Gasteiger partial charge < -0.3 is 5.73 Å². The molecule has 0 bridgehead atoms. The molecule has 0 saturated heterocycles. The van der Waals surface area contributed by atoms with E-state index in [4.69, 9.17) is 17.3 Å². The van der Waals surface area contributed by atoms with Gasteiger partial charge in [-0.2, -0.15) is 0 Å². The Morgan fingerprint density at radius 3 is 2.45 bits per heavy atom. The summed E-state index contributed by atoms with van der Waals surface area (Å²) in [7, 11) is 0. The number of nitrogens with two attached hydrogens (primary N) is 1. The van der Waals surface area contributed by atoms with Gasteiger partial charge in [0.15, 0.2) is 11.6 Å². The predicted molar refractivity (Wildman–Crippen MR) is 40.5 cm³/mol. The van der Waals surface area contributed by atoms with Crippen molar-refractivity contribution in [3.05, 3.63) is 28.3 Å². The van der Waals surface area contributed by atoms with Gasteiger partial charge in [0.2, 0.25) is 0 Å². The molecule has 0 aliphatic heterocycles. The molecule has 2 N–H and O–H groups in total. The molecule has 0 aromatic heterocycles. The first-order valence-corrected chi connectivity index (χ1v) is 3.31. The summed E-state index contributed by atoms with van der Waals surface area (Å²) >= 11 is 5.38. The van der Waals surface area contributed by atoms with Gasteiger partial charge in [-0.3, -0.25) is 0 Å². The monoisotopic (exact) mass is 177 g/mol. The SMILES string of the molecule is Cc1cc(N)c(F)c(F)c1Cl. The van der Waals surface area contributed by atoms with Crippen LogP contribution in [0, 0.1) is 18.6 Å². The zero-order chi connectivity index (χ0) is 8.59. The van der Waals surface area contributed by atoms with Crippen LogP contribution in [0.15, 0.2) is 6.07 Å². The Balaban J connectivity index is 3.46. The maximum absolute atomic E-state index is 12.7. The van der Waals surface area contributed by atoms with Crippen LogP contribution in [-0.2, 0) is 0 Å². The largest absolute Gasteiger partial charge is 0.396 e. The molecular formula is C7H6ClF2N. The molecule has 0 radical (unpaired) electrons. The third kappa shape index (κ3) is 1.28. The van der Waals surface area contributed by atoms with Crippen molar-refractivity contribution >= 4 is 17.3 Å². The predicted octanol–water partition coefficient (Wildman–Crippen LogP) is 2.51. The quantitative estimate of drug-likeness (QED) is 0.478. The maximum atomic E-state index is 12.7. The van der Waals surface area contributed by atoms with E-state index in [0.717, 1.165) is 0 Å². The van der Waals surface area contributed by atoms with Crippen LogP contribution in [0.5, 0.6) is 0 Å². The van der Waals surface area contributed by atoms with Crippen LogP contribution in [0.2, 0.25) is 5.02 Å². The fourth-order valence-corrected chi connectivity index (χ4v) is 0.894. The highest BCUT2D eigenvalue weighted by Gasteiger charge is 2.12. The number of hydrogen-bond donors (Lipinski definition) is 1. The molecule has 1 nitrogen and oxygen atoms in total. The zero-order valence-corrected chi connectivity index (χ0v) is 6.54. The summed E-state index contributed by atoms with van der Waals surface area (Å²) < 4.78 is 25.3. The lowest BCUT2D eigenvalue weighted by Gasteiger charge is -2.02. The Bertz CT molecular complexity index is 273. The van der Waals surface area contributed by atoms with Crippen molar-refractivity contribution in [1.29, 1.82) is 0 Å². The molecule has 0 spiro atoms. The van der Waals surface area contributed by atoms with Gasteiger partial charge in [0.1, 0.15) is 0 Å². The van der Waals surface area contributed by atoms with Gasteiger partial charge in [-0.15, -0.1) is 0 Å². The van der Waals surface area contributed by atoms with E-state index in [1.807, 2.05) is 0 Å². The molecule has 1 rings (SSSR count). The summed E-state index contributed by atoms with van der Waals surface area (Å²) in [6, 6.07) is 1.29. The highest BCUT2D eigenvalue weighted by atomic mass is 35.5. The fourth-order valence-electron chi connectivity index (χ4n) is 0.756. The first kappa shape index (κ1) is 8.27. The second kappa shape index (κ2) is 2.66. The summed E-state index contributed by atoms with van der Waals surface area (Å²) in [6.45, 7) is 1.56. The van der Waals surface area contributed by atoms with Crippen LogP contribution in [0.25, 0.3) is 0 Å². The summed E-state index contributed by atoms with van der Waals surface area (Å²) in [5, 5.41) is -0.211. The van der Waals surface area contributed by atoms with Crippen LogP contribution in [0.3, 0.4) is 0 Å². The number of halogens is 3. The molecule has 0 heterocycles. The lowest BCUT2D eigenvalue weighted by Crippen LogP contribution is -1.96. The number of nitrogen functional groups attached to an aromatic ring is 1. The molecule has 1 aromatic carbocycles. The van der Waals surface area contributed by atoms with Gasteiger partial charge in [0, 0.05) is 0 Å². The van der Waals surface area contributed by atoms with Crippen molar-refractivity contribution in [1.82, 2.24) is 0 Å². The molecule has 0 atom stereocenters. The van der Waals surface area contributed by atoms with Gasteiger partial charge in [-0.1, -0.05) is 11.6 Å². The Kier molecular flexibility index (Phi) is 2.00. The average molecular weight is 178 g/mol. The summed E-state index contributed by atoms with van der Waals surface area (Å²) in [5.41, 5.74) is 5.33. The molecule has 4 heteroatoms. The average Bonchev–Trinajstić information content (AvgIpc) is 1.97. The minimum Gasteiger partial charge on any atom is -0.396 e. The lowest BCUT2D eigenvalue weighted by atomic mass is 10.2. The Morgan fingerprint density at radius 2 is 1.91 bits per heavy atom. The number of anilines is 1. The number of rotatable bonds is 0. The smallest absolute Gasteiger partial charge is 0.183 e. The first-order valence-electron chi connectivity index (χ1n) is 2.93. The van der Waals surface area contributed by atoms with Crippen molar-refractivity contribution in [3.8, 4) is 0 Å². The molecule has 0 saturated carbocycles. The van der Waals surface area contributed by atoms with E-state index in [1.54, 1.807) is 6.92 Å². The standard InChI is InChI=1S/C7H6ClF2N/c1-3-2-4(11)6(9)7(10)5(3)8/h2H,11H2,1H3. The van der Waals surface area contributed by atoms with Crippen molar-refractivity contribution in [2.45, 2.75) is 6.92 Å². The van der Waals surface area contributed by atoms with Crippen LogP contribution in [0.1, 0.15) is 5.56 Å². The Morgan fingerprint density at radius 1 is 1.36 bits per heavy atom. The molecule has 0 aliphatic carbocycles. The highest BCUT2D eigenvalue weighted by molar-refractivity contribution is 6.31. The van der Waals surface area contributed by atoms with Gasteiger partial charge in [0.05, 0.1) is 10.7 Å². The zero-order valence-electron chi connectivity index (χ0n) is 5.79. The number of benzene rings is 1. The molecule has 60 valence electrons. The number of aryl methyl sites for hydroxylation is 1. The molecule has 11 heavy (non-hydrogen) atoms. The second-order valence-corrected chi connectivity index (χ2v) is 2.60. The molecule has 0 amide bonds.